The van der Waals surface area contributed by atoms with E-state index in [0.717, 1.165) is 19.6 Å². The lowest BCUT2D eigenvalue weighted by molar-refractivity contribution is 0.0624. The third-order valence-corrected chi connectivity index (χ3v) is 3.46. The molecule has 0 spiro atoms. The molecule has 16 heavy (non-hydrogen) atoms. The van der Waals surface area contributed by atoms with Crippen LogP contribution in [0, 0.1) is 0 Å². The Hall–Kier alpha value is -0.120. The lowest BCUT2D eigenvalue weighted by Crippen LogP contribution is -2.52. The maximum atomic E-state index is 9.52. The van der Waals surface area contributed by atoms with E-state index < -0.39 is 0 Å². The number of hydrogen-bond donors (Lipinski definition) is 2. The van der Waals surface area contributed by atoms with Crippen molar-refractivity contribution in [3.63, 3.8) is 0 Å². The Labute approximate surface area is 100 Å². The molecule has 0 amide bonds. The van der Waals surface area contributed by atoms with Crippen LogP contribution in [0.4, 0.5) is 0 Å². The minimum Gasteiger partial charge on any atom is -0.392 e. The molecular formula is C13H28N2O. The van der Waals surface area contributed by atoms with Crippen molar-refractivity contribution in [2.75, 3.05) is 19.6 Å². The molecule has 0 radical (unpaired) electrons. The summed E-state index contributed by atoms with van der Waals surface area (Å²) in [6.07, 6.45) is 4.86. The number of aliphatic hydroxyl groups excluding tert-OH is 1. The summed E-state index contributed by atoms with van der Waals surface area (Å²) in [7, 11) is 0. The van der Waals surface area contributed by atoms with Gasteiger partial charge in [0.25, 0.3) is 0 Å². The molecule has 1 rings (SSSR count). The summed E-state index contributed by atoms with van der Waals surface area (Å²) in [4.78, 5) is 2.46. The van der Waals surface area contributed by atoms with Gasteiger partial charge in [0.2, 0.25) is 0 Å². The fourth-order valence-corrected chi connectivity index (χ4v) is 2.66. The standard InChI is InChI=1S/C13H28N2O/c1-4-8-14-12(3)13-7-5-6-9-15(13)10-11(2)16/h11-14,16H,4-10H2,1-3H3. The van der Waals surface area contributed by atoms with E-state index in [2.05, 4.69) is 24.1 Å². The maximum Gasteiger partial charge on any atom is 0.0639 e. The smallest absolute Gasteiger partial charge is 0.0639 e. The Kier molecular flexibility index (Phi) is 6.32. The highest BCUT2D eigenvalue weighted by Gasteiger charge is 2.27. The quantitative estimate of drug-likeness (QED) is 0.725. The minimum absolute atomic E-state index is 0.209. The summed E-state index contributed by atoms with van der Waals surface area (Å²) in [6.45, 7) is 9.43. The third kappa shape index (κ3) is 4.40. The van der Waals surface area contributed by atoms with Crippen LogP contribution in [0.1, 0.15) is 46.5 Å². The zero-order chi connectivity index (χ0) is 12.0. The van der Waals surface area contributed by atoms with E-state index in [4.69, 9.17) is 0 Å². The highest BCUT2D eigenvalue weighted by Crippen LogP contribution is 2.20. The minimum atomic E-state index is -0.209. The Morgan fingerprint density at radius 1 is 1.38 bits per heavy atom. The summed E-state index contributed by atoms with van der Waals surface area (Å²) in [5.74, 6) is 0. The Balaban J connectivity index is 2.45. The van der Waals surface area contributed by atoms with Gasteiger partial charge in [0, 0.05) is 18.6 Å². The number of rotatable bonds is 6. The molecule has 3 atom stereocenters. The number of aliphatic hydroxyl groups is 1. The van der Waals surface area contributed by atoms with Gasteiger partial charge >= 0.3 is 0 Å². The third-order valence-electron chi connectivity index (χ3n) is 3.46. The van der Waals surface area contributed by atoms with Gasteiger partial charge < -0.3 is 10.4 Å². The van der Waals surface area contributed by atoms with Gasteiger partial charge in [-0.05, 0) is 46.2 Å². The van der Waals surface area contributed by atoms with Crippen LogP contribution in [-0.4, -0.2) is 47.8 Å². The lowest BCUT2D eigenvalue weighted by atomic mass is 9.96. The molecule has 0 bridgehead atoms. The van der Waals surface area contributed by atoms with Crippen LogP contribution in [0.25, 0.3) is 0 Å². The molecule has 0 saturated carbocycles. The average Bonchev–Trinajstić information content (AvgIpc) is 2.26. The Bertz CT molecular complexity index is 185. The predicted molar refractivity (Wildman–Crippen MR) is 68.6 cm³/mol. The van der Waals surface area contributed by atoms with Gasteiger partial charge in [-0.25, -0.2) is 0 Å². The van der Waals surface area contributed by atoms with Crippen molar-refractivity contribution < 1.29 is 5.11 Å². The van der Waals surface area contributed by atoms with Crippen LogP contribution in [-0.2, 0) is 0 Å². The van der Waals surface area contributed by atoms with Crippen LogP contribution in [0.2, 0.25) is 0 Å². The fraction of sp³-hybridized carbons (Fsp3) is 1.00. The summed E-state index contributed by atoms with van der Waals surface area (Å²) < 4.78 is 0. The first-order valence-electron chi connectivity index (χ1n) is 6.80. The Morgan fingerprint density at radius 2 is 2.12 bits per heavy atom. The van der Waals surface area contributed by atoms with Gasteiger partial charge in [-0.2, -0.15) is 0 Å². The number of hydrogen-bond acceptors (Lipinski definition) is 3. The molecule has 1 heterocycles. The van der Waals surface area contributed by atoms with Crippen LogP contribution in [0.3, 0.4) is 0 Å². The molecule has 1 aliphatic heterocycles. The highest BCUT2D eigenvalue weighted by molar-refractivity contribution is 4.85. The van der Waals surface area contributed by atoms with Crippen molar-refractivity contribution >= 4 is 0 Å². The Morgan fingerprint density at radius 3 is 2.75 bits per heavy atom. The first kappa shape index (κ1) is 13.9. The lowest BCUT2D eigenvalue weighted by Gasteiger charge is -2.40. The second-order valence-corrected chi connectivity index (χ2v) is 5.15. The SMILES string of the molecule is CCCNC(C)C1CCCCN1CC(C)O. The number of β-amino-alcohol motifs (C(OH)–C–C–N with tert-alkyl or cyclic N) is 1. The summed E-state index contributed by atoms with van der Waals surface area (Å²) >= 11 is 0. The molecule has 1 aliphatic rings. The van der Waals surface area contributed by atoms with Gasteiger partial charge in [0.1, 0.15) is 0 Å². The molecule has 0 aromatic rings. The molecule has 0 aliphatic carbocycles. The summed E-state index contributed by atoms with van der Waals surface area (Å²) in [5, 5.41) is 13.1. The van der Waals surface area contributed by atoms with E-state index in [-0.39, 0.29) is 6.10 Å². The van der Waals surface area contributed by atoms with Gasteiger partial charge in [0.15, 0.2) is 0 Å². The molecule has 1 fully saturated rings. The van der Waals surface area contributed by atoms with E-state index in [9.17, 15) is 5.11 Å². The number of nitrogens with one attached hydrogen (secondary N) is 1. The normalized spacial score (nSPS) is 26.6. The number of nitrogens with zero attached hydrogens (tertiary/aromatic N) is 1. The van der Waals surface area contributed by atoms with Crippen molar-refractivity contribution in [3.05, 3.63) is 0 Å². The van der Waals surface area contributed by atoms with Crippen LogP contribution < -0.4 is 5.32 Å². The molecule has 3 heteroatoms. The van der Waals surface area contributed by atoms with Gasteiger partial charge in [-0.3, -0.25) is 4.90 Å². The summed E-state index contributed by atoms with van der Waals surface area (Å²) in [6, 6.07) is 1.15. The molecule has 0 aromatic heterocycles. The highest BCUT2D eigenvalue weighted by atomic mass is 16.3. The summed E-state index contributed by atoms with van der Waals surface area (Å²) in [5.41, 5.74) is 0. The zero-order valence-corrected chi connectivity index (χ0v) is 11.1. The van der Waals surface area contributed by atoms with E-state index in [1.165, 1.54) is 25.7 Å². The van der Waals surface area contributed by atoms with Crippen LogP contribution in [0.15, 0.2) is 0 Å². The van der Waals surface area contributed by atoms with Gasteiger partial charge in [-0.15, -0.1) is 0 Å². The second-order valence-electron chi connectivity index (χ2n) is 5.15. The van der Waals surface area contributed by atoms with Crippen molar-refractivity contribution in [3.8, 4) is 0 Å². The van der Waals surface area contributed by atoms with Crippen LogP contribution in [0.5, 0.6) is 0 Å². The monoisotopic (exact) mass is 228 g/mol. The predicted octanol–water partition coefficient (Wildman–Crippen LogP) is 1.61. The maximum absolute atomic E-state index is 9.52. The number of likely N-dealkylation sites (tertiary alicyclic amines) is 1. The molecule has 1 saturated heterocycles. The van der Waals surface area contributed by atoms with E-state index >= 15 is 0 Å². The van der Waals surface area contributed by atoms with Crippen molar-refractivity contribution in [1.82, 2.24) is 10.2 Å². The molecule has 0 aromatic carbocycles. The largest absolute Gasteiger partial charge is 0.392 e. The van der Waals surface area contributed by atoms with E-state index in [1.807, 2.05) is 6.92 Å². The molecule has 2 N–H and O–H groups in total. The van der Waals surface area contributed by atoms with E-state index in [1.54, 1.807) is 0 Å². The van der Waals surface area contributed by atoms with Gasteiger partial charge in [0.05, 0.1) is 6.10 Å². The van der Waals surface area contributed by atoms with E-state index in [0.29, 0.717) is 12.1 Å². The molecular weight excluding hydrogens is 200 g/mol. The van der Waals surface area contributed by atoms with Crippen LogP contribution >= 0.6 is 0 Å². The fourth-order valence-electron chi connectivity index (χ4n) is 2.66. The van der Waals surface area contributed by atoms with Crippen molar-refractivity contribution in [2.45, 2.75) is 64.6 Å². The molecule has 3 nitrogen and oxygen atoms in total. The first-order valence-corrected chi connectivity index (χ1v) is 6.80. The topological polar surface area (TPSA) is 35.5 Å². The second kappa shape index (κ2) is 7.25. The number of piperidine rings is 1. The zero-order valence-electron chi connectivity index (χ0n) is 11.1. The van der Waals surface area contributed by atoms with Crippen molar-refractivity contribution in [2.24, 2.45) is 0 Å². The average molecular weight is 228 g/mol. The molecule has 3 unspecified atom stereocenters. The first-order chi connectivity index (χ1) is 7.65. The van der Waals surface area contributed by atoms with Crippen molar-refractivity contribution in [1.29, 1.82) is 0 Å². The van der Waals surface area contributed by atoms with Gasteiger partial charge in [-0.1, -0.05) is 13.3 Å². The molecule has 96 valence electrons.